The van der Waals surface area contributed by atoms with E-state index >= 15 is 0 Å². The number of esters is 1. The molecule has 0 bridgehead atoms. The van der Waals surface area contributed by atoms with Crippen molar-refractivity contribution < 1.29 is 19.4 Å². The fourth-order valence-corrected chi connectivity index (χ4v) is 5.19. The van der Waals surface area contributed by atoms with E-state index in [4.69, 9.17) is 9.47 Å². The van der Waals surface area contributed by atoms with Crippen LogP contribution in [0.3, 0.4) is 0 Å². The number of rotatable bonds is 6. The topological polar surface area (TPSA) is 89.2 Å². The van der Waals surface area contributed by atoms with Crippen LogP contribution in [0.15, 0.2) is 24.3 Å². The fourth-order valence-electron chi connectivity index (χ4n) is 4.03. The number of benzene rings is 1. The predicted octanol–water partition coefficient (Wildman–Crippen LogP) is 3.18. The van der Waals surface area contributed by atoms with Gasteiger partial charge in [0.05, 0.1) is 30.6 Å². The smallest absolute Gasteiger partial charge is 0.308 e. The van der Waals surface area contributed by atoms with Crippen LogP contribution >= 0.6 is 11.3 Å². The van der Waals surface area contributed by atoms with Crippen LogP contribution in [0.1, 0.15) is 42.1 Å². The number of thiazole rings is 1. The third-order valence-corrected chi connectivity index (χ3v) is 6.56. The molecule has 1 atom stereocenters. The molecule has 1 N–H and O–H groups in total. The second kappa shape index (κ2) is 8.61. The Morgan fingerprint density at radius 3 is 2.60 bits per heavy atom. The summed E-state index contributed by atoms with van der Waals surface area (Å²) in [5.74, 6) is 1.33. The molecule has 1 aromatic carbocycles. The maximum Gasteiger partial charge on any atom is 0.308 e. The highest BCUT2D eigenvalue weighted by Crippen LogP contribution is 2.41. The van der Waals surface area contributed by atoms with Gasteiger partial charge in [-0.15, -0.1) is 5.10 Å². The van der Waals surface area contributed by atoms with Crippen molar-refractivity contribution >= 4 is 22.3 Å². The monoisotopic (exact) mass is 430 g/mol. The lowest BCUT2D eigenvalue weighted by Crippen LogP contribution is -2.39. The quantitative estimate of drug-likeness (QED) is 0.601. The average molecular weight is 431 g/mol. The minimum atomic E-state index is -0.159. The number of hydrogen-bond donors (Lipinski definition) is 1. The highest BCUT2D eigenvalue weighted by Gasteiger charge is 2.34. The van der Waals surface area contributed by atoms with Crippen molar-refractivity contribution in [1.29, 1.82) is 0 Å². The molecule has 1 aliphatic rings. The standard InChI is InChI=1S/C21H26N4O4S/c1-4-29-16-7-5-14(6-8-16)17(24-11-9-15(10-12-24)20(27)28-3)18-19(26)25-21(30-18)22-13(2)23-25/h5-8,15,17,26H,4,9-12H2,1-3H3. The lowest BCUT2D eigenvalue weighted by Gasteiger charge is -2.36. The van der Waals surface area contributed by atoms with Gasteiger partial charge in [-0.1, -0.05) is 23.5 Å². The number of nitrogens with zero attached hydrogens (tertiary/aromatic N) is 4. The van der Waals surface area contributed by atoms with Gasteiger partial charge in [-0.05, 0) is 57.5 Å². The molecular formula is C21H26N4O4S. The van der Waals surface area contributed by atoms with Gasteiger partial charge in [0.25, 0.3) is 0 Å². The van der Waals surface area contributed by atoms with Gasteiger partial charge in [0.2, 0.25) is 10.8 Å². The van der Waals surface area contributed by atoms with Crippen LogP contribution in [0.4, 0.5) is 0 Å². The molecule has 9 heteroatoms. The van der Waals surface area contributed by atoms with Crippen molar-refractivity contribution in [2.45, 2.75) is 32.7 Å². The van der Waals surface area contributed by atoms with Gasteiger partial charge < -0.3 is 14.6 Å². The summed E-state index contributed by atoms with van der Waals surface area (Å²) in [4.78, 5) is 20.1. The molecule has 3 aromatic rings. The molecular weight excluding hydrogens is 404 g/mol. The van der Waals surface area contributed by atoms with E-state index in [1.807, 2.05) is 31.2 Å². The minimum absolute atomic E-state index is 0.0780. The Kier molecular flexibility index (Phi) is 5.92. The molecule has 1 unspecified atom stereocenters. The molecule has 160 valence electrons. The van der Waals surface area contributed by atoms with Gasteiger partial charge in [-0.3, -0.25) is 9.69 Å². The number of carbonyl (C=O) groups is 1. The van der Waals surface area contributed by atoms with E-state index in [0.717, 1.165) is 42.1 Å². The number of aryl methyl sites for hydroxylation is 1. The first kappa shape index (κ1) is 20.6. The van der Waals surface area contributed by atoms with Gasteiger partial charge in [-0.2, -0.15) is 4.52 Å². The zero-order valence-electron chi connectivity index (χ0n) is 17.4. The second-order valence-corrected chi connectivity index (χ2v) is 8.39. The van der Waals surface area contributed by atoms with Gasteiger partial charge in [-0.25, -0.2) is 4.98 Å². The number of likely N-dealkylation sites (tertiary alicyclic amines) is 1. The van der Waals surface area contributed by atoms with E-state index in [0.29, 0.717) is 17.4 Å². The zero-order chi connectivity index (χ0) is 21.3. The van der Waals surface area contributed by atoms with E-state index in [9.17, 15) is 9.90 Å². The van der Waals surface area contributed by atoms with Crippen LogP contribution in [0.2, 0.25) is 0 Å². The van der Waals surface area contributed by atoms with Gasteiger partial charge in [0.1, 0.15) is 11.6 Å². The number of fused-ring (bicyclic) bond motifs is 1. The first-order valence-corrected chi connectivity index (χ1v) is 10.9. The fraction of sp³-hybridized carbons (Fsp3) is 0.476. The first-order valence-electron chi connectivity index (χ1n) is 10.1. The molecule has 8 nitrogen and oxygen atoms in total. The predicted molar refractivity (Wildman–Crippen MR) is 113 cm³/mol. The zero-order valence-corrected chi connectivity index (χ0v) is 18.2. The molecule has 30 heavy (non-hydrogen) atoms. The summed E-state index contributed by atoms with van der Waals surface area (Å²) in [6.45, 7) is 5.82. The van der Waals surface area contributed by atoms with Crippen LogP contribution < -0.4 is 4.74 Å². The number of aromatic nitrogens is 3. The SMILES string of the molecule is CCOc1ccc(C(c2sc3nc(C)nn3c2O)N2CCC(C(=O)OC)CC2)cc1. The molecule has 0 saturated carbocycles. The van der Waals surface area contributed by atoms with Crippen LogP contribution in [0.5, 0.6) is 11.6 Å². The van der Waals surface area contributed by atoms with Gasteiger partial charge in [0.15, 0.2) is 0 Å². The summed E-state index contributed by atoms with van der Waals surface area (Å²) in [6, 6.07) is 7.80. The van der Waals surface area contributed by atoms with Crippen molar-refractivity contribution in [3.8, 4) is 11.6 Å². The van der Waals surface area contributed by atoms with Crippen molar-refractivity contribution in [2.24, 2.45) is 5.92 Å². The Balaban J connectivity index is 1.68. The molecule has 0 amide bonds. The van der Waals surface area contributed by atoms with E-state index in [1.165, 1.54) is 23.0 Å². The van der Waals surface area contributed by atoms with Crippen molar-refractivity contribution in [3.05, 3.63) is 40.5 Å². The van der Waals surface area contributed by atoms with Crippen molar-refractivity contribution in [2.75, 3.05) is 26.8 Å². The number of piperidine rings is 1. The maximum atomic E-state index is 11.9. The second-order valence-electron chi connectivity index (χ2n) is 7.38. The van der Waals surface area contributed by atoms with Gasteiger partial charge >= 0.3 is 5.97 Å². The van der Waals surface area contributed by atoms with E-state index in [2.05, 4.69) is 15.0 Å². The van der Waals surface area contributed by atoms with Crippen molar-refractivity contribution in [3.63, 3.8) is 0 Å². The summed E-state index contributed by atoms with van der Waals surface area (Å²) < 4.78 is 12.0. The highest BCUT2D eigenvalue weighted by atomic mass is 32.1. The van der Waals surface area contributed by atoms with E-state index < -0.39 is 0 Å². The first-order chi connectivity index (χ1) is 14.5. The Morgan fingerprint density at radius 2 is 2.00 bits per heavy atom. The third-order valence-electron chi connectivity index (χ3n) is 5.49. The normalized spacial score (nSPS) is 16.6. The number of aromatic hydroxyl groups is 1. The molecule has 1 fully saturated rings. The van der Waals surface area contributed by atoms with Crippen LogP contribution in [-0.2, 0) is 9.53 Å². The molecule has 2 aromatic heterocycles. The average Bonchev–Trinajstić information content (AvgIpc) is 3.27. The Hall–Kier alpha value is -2.65. The molecule has 3 heterocycles. The van der Waals surface area contributed by atoms with E-state index in [1.54, 1.807) is 6.92 Å². The van der Waals surface area contributed by atoms with Crippen LogP contribution in [-0.4, -0.2) is 57.4 Å². The molecule has 1 aliphatic heterocycles. The van der Waals surface area contributed by atoms with Crippen LogP contribution in [0, 0.1) is 12.8 Å². The summed E-state index contributed by atoms with van der Waals surface area (Å²) in [6.07, 6.45) is 1.45. The number of hydrogen-bond acceptors (Lipinski definition) is 8. The number of methoxy groups -OCH3 is 1. The molecule has 0 aliphatic carbocycles. The number of carbonyl (C=O) groups excluding carboxylic acids is 1. The van der Waals surface area contributed by atoms with Crippen LogP contribution in [0.25, 0.3) is 4.96 Å². The summed E-state index contributed by atoms with van der Waals surface area (Å²) >= 11 is 1.44. The molecule has 4 rings (SSSR count). The van der Waals surface area contributed by atoms with Gasteiger partial charge in [0, 0.05) is 0 Å². The Morgan fingerprint density at radius 1 is 1.30 bits per heavy atom. The summed E-state index contributed by atoms with van der Waals surface area (Å²) in [5.41, 5.74) is 1.05. The van der Waals surface area contributed by atoms with Crippen molar-refractivity contribution in [1.82, 2.24) is 19.5 Å². The largest absolute Gasteiger partial charge is 0.494 e. The minimum Gasteiger partial charge on any atom is -0.494 e. The van der Waals surface area contributed by atoms with E-state index in [-0.39, 0.29) is 23.8 Å². The lowest BCUT2D eigenvalue weighted by molar-refractivity contribution is -0.147. The highest BCUT2D eigenvalue weighted by molar-refractivity contribution is 7.17. The number of ether oxygens (including phenoxy) is 2. The third kappa shape index (κ3) is 3.87. The molecule has 0 radical (unpaired) electrons. The lowest BCUT2D eigenvalue weighted by atomic mass is 9.93. The maximum absolute atomic E-state index is 11.9. The Bertz CT molecular complexity index is 1020. The molecule has 0 spiro atoms. The Labute approximate surface area is 179 Å². The summed E-state index contributed by atoms with van der Waals surface area (Å²) in [5, 5.41) is 15.2. The molecule has 1 saturated heterocycles. The summed E-state index contributed by atoms with van der Waals surface area (Å²) in [7, 11) is 1.44.